The quantitative estimate of drug-likeness (QED) is 0.696. The van der Waals surface area contributed by atoms with Crippen molar-refractivity contribution in [2.45, 2.75) is 13.0 Å². The van der Waals surface area contributed by atoms with E-state index in [-0.39, 0.29) is 6.04 Å². The molecule has 0 radical (unpaired) electrons. The van der Waals surface area contributed by atoms with Crippen LogP contribution in [0, 0.1) is 0 Å². The molecule has 2 nitrogen and oxygen atoms in total. The summed E-state index contributed by atoms with van der Waals surface area (Å²) >= 11 is 0. The standard InChI is InChI=1S/C14H14N2/c1-11-7-8-14-15-13(10-16(14)9-11)12-5-3-2-4-6-12/h2-9,13H,10H2,1H3/t13-/m0/s1. The first-order valence-electron chi connectivity index (χ1n) is 5.59. The second-order valence-corrected chi connectivity index (χ2v) is 4.27. The fraction of sp³-hybridized carbons (Fsp3) is 0.214. The predicted octanol–water partition coefficient (Wildman–Crippen LogP) is 2.92. The van der Waals surface area contributed by atoms with Crippen LogP contribution in [0.3, 0.4) is 0 Å². The summed E-state index contributed by atoms with van der Waals surface area (Å²) in [7, 11) is 0. The molecule has 0 spiro atoms. The second-order valence-electron chi connectivity index (χ2n) is 4.27. The lowest BCUT2D eigenvalue weighted by Gasteiger charge is -2.18. The van der Waals surface area contributed by atoms with Gasteiger partial charge in [-0.1, -0.05) is 36.4 Å². The Morgan fingerprint density at radius 2 is 2.00 bits per heavy atom. The third-order valence-corrected chi connectivity index (χ3v) is 2.99. The normalized spacial score (nSPS) is 22.8. The van der Waals surface area contributed by atoms with Gasteiger partial charge in [-0.3, -0.25) is 4.99 Å². The highest BCUT2D eigenvalue weighted by Crippen LogP contribution is 2.27. The zero-order chi connectivity index (χ0) is 11.0. The Kier molecular flexibility index (Phi) is 2.13. The maximum absolute atomic E-state index is 4.73. The molecule has 2 aliphatic heterocycles. The summed E-state index contributed by atoms with van der Waals surface area (Å²) in [5, 5.41) is 0. The number of hydrogen-bond donors (Lipinski definition) is 0. The average Bonchev–Trinajstić information content (AvgIpc) is 2.73. The van der Waals surface area contributed by atoms with E-state index in [2.05, 4.69) is 54.4 Å². The Hall–Kier alpha value is -1.83. The number of allylic oxidation sites excluding steroid dienone is 2. The fourth-order valence-electron chi connectivity index (χ4n) is 2.16. The smallest absolute Gasteiger partial charge is 0.128 e. The minimum atomic E-state index is 0.281. The van der Waals surface area contributed by atoms with Crippen LogP contribution in [0.15, 0.2) is 59.2 Å². The van der Waals surface area contributed by atoms with Crippen molar-refractivity contribution < 1.29 is 0 Å². The zero-order valence-corrected chi connectivity index (χ0v) is 9.30. The molecule has 3 rings (SSSR count). The van der Waals surface area contributed by atoms with Crippen LogP contribution in [0.4, 0.5) is 0 Å². The Morgan fingerprint density at radius 1 is 1.19 bits per heavy atom. The topological polar surface area (TPSA) is 15.6 Å². The minimum Gasteiger partial charge on any atom is -0.331 e. The van der Waals surface area contributed by atoms with Crippen molar-refractivity contribution in [3.05, 3.63) is 59.8 Å². The lowest BCUT2D eigenvalue weighted by atomic mass is 10.1. The van der Waals surface area contributed by atoms with Gasteiger partial charge >= 0.3 is 0 Å². The summed E-state index contributed by atoms with van der Waals surface area (Å²) < 4.78 is 0. The first kappa shape index (κ1) is 9.40. The van der Waals surface area contributed by atoms with E-state index in [1.165, 1.54) is 11.1 Å². The summed E-state index contributed by atoms with van der Waals surface area (Å²) in [6.07, 6.45) is 6.38. The van der Waals surface area contributed by atoms with Crippen molar-refractivity contribution >= 4 is 5.84 Å². The van der Waals surface area contributed by atoms with Crippen molar-refractivity contribution in [1.29, 1.82) is 0 Å². The highest BCUT2D eigenvalue weighted by molar-refractivity contribution is 5.96. The van der Waals surface area contributed by atoms with Gasteiger partial charge < -0.3 is 4.90 Å². The van der Waals surface area contributed by atoms with Crippen LogP contribution in [0.2, 0.25) is 0 Å². The first-order valence-corrected chi connectivity index (χ1v) is 5.59. The first-order chi connectivity index (χ1) is 7.83. The summed E-state index contributed by atoms with van der Waals surface area (Å²) in [5.74, 6) is 1.08. The van der Waals surface area contributed by atoms with Crippen LogP contribution < -0.4 is 0 Å². The average molecular weight is 210 g/mol. The van der Waals surface area contributed by atoms with Crippen LogP contribution >= 0.6 is 0 Å². The molecular formula is C14H14N2. The van der Waals surface area contributed by atoms with Crippen molar-refractivity contribution in [3.8, 4) is 0 Å². The molecule has 0 fully saturated rings. The molecular weight excluding hydrogens is 196 g/mol. The SMILES string of the molecule is CC1=CN2C[C@@H](c3ccccc3)N=C2C=C1. The Morgan fingerprint density at radius 3 is 2.81 bits per heavy atom. The summed E-state index contributed by atoms with van der Waals surface area (Å²) in [6, 6.07) is 10.8. The molecule has 1 aromatic carbocycles. The van der Waals surface area contributed by atoms with E-state index < -0.39 is 0 Å². The van der Waals surface area contributed by atoms with Crippen molar-refractivity contribution in [1.82, 2.24) is 4.90 Å². The summed E-state index contributed by atoms with van der Waals surface area (Å²) in [5.41, 5.74) is 2.58. The molecule has 1 atom stereocenters. The van der Waals surface area contributed by atoms with Crippen LogP contribution in [-0.4, -0.2) is 17.3 Å². The Balaban J connectivity index is 1.89. The van der Waals surface area contributed by atoms with Crippen molar-refractivity contribution in [3.63, 3.8) is 0 Å². The molecule has 0 bridgehead atoms. The highest BCUT2D eigenvalue weighted by Gasteiger charge is 2.24. The lowest BCUT2D eigenvalue weighted by molar-refractivity contribution is 0.547. The van der Waals surface area contributed by atoms with Gasteiger partial charge in [0, 0.05) is 6.20 Å². The number of fused-ring (bicyclic) bond motifs is 1. The molecule has 0 unspecified atom stereocenters. The second kappa shape index (κ2) is 3.63. The molecule has 0 saturated carbocycles. The summed E-state index contributed by atoms with van der Waals surface area (Å²) in [4.78, 5) is 6.96. The van der Waals surface area contributed by atoms with E-state index in [0.29, 0.717) is 0 Å². The van der Waals surface area contributed by atoms with Crippen molar-refractivity contribution in [2.75, 3.05) is 6.54 Å². The number of benzene rings is 1. The van der Waals surface area contributed by atoms with Gasteiger partial charge in [0.25, 0.3) is 0 Å². The third kappa shape index (κ3) is 1.56. The molecule has 0 aliphatic carbocycles. The molecule has 0 amide bonds. The number of nitrogens with zero attached hydrogens (tertiary/aromatic N) is 2. The largest absolute Gasteiger partial charge is 0.331 e. The molecule has 0 N–H and O–H groups in total. The van der Waals surface area contributed by atoms with Crippen LogP contribution in [0.25, 0.3) is 0 Å². The van der Waals surface area contributed by atoms with Crippen LogP contribution in [0.5, 0.6) is 0 Å². The van der Waals surface area contributed by atoms with Gasteiger partial charge in [0.05, 0.1) is 12.6 Å². The van der Waals surface area contributed by atoms with Gasteiger partial charge in [0.15, 0.2) is 0 Å². The number of hydrogen-bond acceptors (Lipinski definition) is 2. The third-order valence-electron chi connectivity index (χ3n) is 2.99. The predicted molar refractivity (Wildman–Crippen MR) is 66.2 cm³/mol. The molecule has 80 valence electrons. The van der Waals surface area contributed by atoms with E-state index in [1.807, 2.05) is 6.07 Å². The van der Waals surface area contributed by atoms with Gasteiger partial charge in [-0.25, -0.2) is 0 Å². The molecule has 2 heteroatoms. The Bertz CT molecular complexity index is 483. The number of amidine groups is 1. The van der Waals surface area contributed by atoms with Crippen LogP contribution in [-0.2, 0) is 0 Å². The maximum Gasteiger partial charge on any atom is 0.128 e. The molecule has 0 saturated heterocycles. The van der Waals surface area contributed by atoms with Gasteiger partial charge in [0.1, 0.15) is 5.84 Å². The Labute approximate surface area is 95.6 Å². The maximum atomic E-state index is 4.73. The van der Waals surface area contributed by atoms with E-state index in [9.17, 15) is 0 Å². The van der Waals surface area contributed by atoms with E-state index in [1.54, 1.807) is 0 Å². The summed E-state index contributed by atoms with van der Waals surface area (Å²) in [6.45, 7) is 3.07. The lowest BCUT2D eigenvalue weighted by Crippen LogP contribution is -2.22. The highest BCUT2D eigenvalue weighted by atomic mass is 15.2. The molecule has 16 heavy (non-hydrogen) atoms. The molecule has 2 aliphatic rings. The monoisotopic (exact) mass is 210 g/mol. The molecule has 0 aromatic heterocycles. The fourth-order valence-corrected chi connectivity index (χ4v) is 2.16. The van der Waals surface area contributed by atoms with E-state index >= 15 is 0 Å². The van der Waals surface area contributed by atoms with Gasteiger partial charge in [-0.05, 0) is 24.1 Å². The van der Waals surface area contributed by atoms with E-state index in [4.69, 9.17) is 4.99 Å². The van der Waals surface area contributed by atoms with E-state index in [0.717, 1.165) is 12.4 Å². The molecule has 2 heterocycles. The van der Waals surface area contributed by atoms with Gasteiger partial charge in [-0.15, -0.1) is 0 Å². The van der Waals surface area contributed by atoms with Gasteiger partial charge in [-0.2, -0.15) is 0 Å². The van der Waals surface area contributed by atoms with Crippen molar-refractivity contribution in [2.24, 2.45) is 4.99 Å². The van der Waals surface area contributed by atoms with Gasteiger partial charge in [0.2, 0.25) is 0 Å². The number of aliphatic imine (C=N–C) groups is 1. The van der Waals surface area contributed by atoms with Crippen LogP contribution in [0.1, 0.15) is 18.5 Å². The minimum absolute atomic E-state index is 0.281. The zero-order valence-electron chi connectivity index (χ0n) is 9.30. The molecule has 1 aromatic rings. The number of rotatable bonds is 1.